The predicted molar refractivity (Wildman–Crippen MR) is 362 cm³/mol. The van der Waals surface area contributed by atoms with Gasteiger partial charge in [0.25, 0.3) is 0 Å². The number of rotatable bonds is 66. The number of hydrogen-bond acceptors (Lipinski definition) is 6. The van der Waals surface area contributed by atoms with Gasteiger partial charge in [-0.15, -0.1) is 0 Å². The van der Waals surface area contributed by atoms with Crippen molar-refractivity contribution in [1.82, 2.24) is 0 Å². The van der Waals surface area contributed by atoms with E-state index >= 15 is 0 Å². The lowest BCUT2D eigenvalue weighted by molar-refractivity contribution is -0.167. The van der Waals surface area contributed by atoms with Gasteiger partial charge >= 0.3 is 17.9 Å². The van der Waals surface area contributed by atoms with E-state index in [0.29, 0.717) is 19.3 Å². The van der Waals surface area contributed by atoms with E-state index in [2.05, 4.69) is 106 Å². The number of unbranched alkanes of at least 4 members (excludes halogenated alkanes) is 41. The van der Waals surface area contributed by atoms with Crippen molar-refractivity contribution in [2.45, 2.75) is 374 Å². The lowest BCUT2D eigenvalue weighted by Crippen LogP contribution is -2.30. The zero-order valence-corrected chi connectivity index (χ0v) is 55.2. The van der Waals surface area contributed by atoms with Gasteiger partial charge in [0.05, 0.1) is 0 Å². The summed E-state index contributed by atoms with van der Waals surface area (Å²) in [5, 5.41) is 0. The summed E-state index contributed by atoms with van der Waals surface area (Å²) < 4.78 is 17.0. The number of hydrogen-bond donors (Lipinski definition) is 0. The molecule has 0 bridgehead atoms. The largest absolute Gasteiger partial charge is 0.462 e. The lowest BCUT2D eigenvalue weighted by Gasteiger charge is -2.18. The summed E-state index contributed by atoms with van der Waals surface area (Å²) in [5.41, 5.74) is 0. The summed E-state index contributed by atoms with van der Waals surface area (Å²) in [4.78, 5) is 38.4. The number of ether oxygens (including phenoxy) is 3. The second-order valence-electron chi connectivity index (χ2n) is 24.1. The average Bonchev–Trinajstić information content (AvgIpc) is 3.49. The molecule has 0 spiro atoms. The van der Waals surface area contributed by atoms with Crippen molar-refractivity contribution in [1.29, 1.82) is 0 Å². The SMILES string of the molecule is CC/C=C\C/C=C\C/C=C\C/C=C\C/C=C\C/C=C\CCCCCCCCCCCCCCCCC(=O)OCC(COC(=O)CCCCCCC/C=C\CCCCCCCC)OC(=O)CCCCCCCCCCCCCCCCCCC. The Labute approximate surface area is 515 Å². The molecule has 0 amide bonds. The maximum Gasteiger partial charge on any atom is 0.306 e. The molecule has 480 valence electrons. The molecular formula is C77H136O6. The Balaban J connectivity index is 4.21. The molecule has 0 radical (unpaired) electrons. The minimum atomic E-state index is -0.778. The molecule has 0 aromatic heterocycles. The smallest absolute Gasteiger partial charge is 0.306 e. The highest BCUT2D eigenvalue weighted by atomic mass is 16.6. The van der Waals surface area contributed by atoms with Gasteiger partial charge in [0.15, 0.2) is 6.10 Å². The molecule has 0 aliphatic carbocycles. The average molecular weight is 1160 g/mol. The van der Waals surface area contributed by atoms with Crippen LogP contribution in [0.4, 0.5) is 0 Å². The van der Waals surface area contributed by atoms with E-state index in [-0.39, 0.29) is 31.1 Å². The fraction of sp³-hybridized carbons (Fsp3) is 0.779. The normalized spacial score (nSPS) is 12.6. The molecule has 0 saturated heterocycles. The number of esters is 3. The molecule has 0 heterocycles. The molecule has 0 rings (SSSR count). The third-order valence-corrected chi connectivity index (χ3v) is 15.9. The zero-order valence-electron chi connectivity index (χ0n) is 55.2. The number of carbonyl (C=O) groups excluding carboxylic acids is 3. The molecule has 0 aromatic rings. The minimum absolute atomic E-state index is 0.0740. The van der Waals surface area contributed by atoms with E-state index in [9.17, 15) is 14.4 Å². The molecule has 0 aromatic carbocycles. The minimum Gasteiger partial charge on any atom is -0.462 e. The molecule has 83 heavy (non-hydrogen) atoms. The highest BCUT2D eigenvalue weighted by molar-refractivity contribution is 5.71. The third kappa shape index (κ3) is 69.3. The molecule has 0 aliphatic heterocycles. The van der Waals surface area contributed by atoms with Gasteiger partial charge in [-0.05, 0) is 96.3 Å². The Hall–Kier alpha value is -3.41. The van der Waals surface area contributed by atoms with Crippen molar-refractivity contribution in [2.75, 3.05) is 13.2 Å². The Morgan fingerprint density at radius 1 is 0.253 bits per heavy atom. The van der Waals surface area contributed by atoms with Gasteiger partial charge in [-0.2, -0.15) is 0 Å². The molecule has 1 atom stereocenters. The van der Waals surface area contributed by atoms with Gasteiger partial charge in [0.2, 0.25) is 0 Å². The summed E-state index contributed by atoms with van der Waals surface area (Å²) in [6.07, 6.45) is 94.7. The number of carbonyl (C=O) groups is 3. The summed E-state index contributed by atoms with van der Waals surface area (Å²) in [6, 6.07) is 0. The summed E-state index contributed by atoms with van der Waals surface area (Å²) in [5.74, 6) is -0.860. The molecule has 6 nitrogen and oxygen atoms in total. The van der Waals surface area contributed by atoms with Crippen LogP contribution in [0.2, 0.25) is 0 Å². The summed E-state index contributed by atoms with van der Waals surface area (Å²) in [7, 11) is 0. The first kappa shape index (κ1) is 79.6. The predicted octanol–water partition coefficient (Wildman–Crippen LogP) is 25.0. The molecule has 0 aliphatic rings. The summed E-state index contributed by atoms with van der Waals surface area (Å²) in [6.45, 7) is 6.57. The highest BCUT2D eigenvalue weighted by Crippen LogP contribution is 2.18. The van der Waals surface area contributed by atoms with Crippen LogP contribution in [-0.2, 0) is 28.6 Å². The van der Waals surface area contributed by atoms with Crippen LogP contribution >= 0.6 is 0 Å². The van der Waals surface area contributed by atoms with Crippen LogP contribution in [0.25, 0.3) is 0 Å². The molecule has 1 unspecified atom stereocenters. The van der Waals surface area contributed by atoms with Crippen LogP contribution in [0.3, 0.4) is 0 Å². The fourth-order valence-corrected chi connectivity index (χ4v) is 10.5. The van der Waals surface area contributed by atoms with Crippen molar-refractivity contribution in [3.63, 3.8) is 0 Å². The molecular weight excluding hydrogens is 1020 g/mol. The summed E-state index contributed by atoms with van der Waals surface area (Å²) >= 11 is 0. The Bertz CT molecular complexity index is 1570. The quantitative estimate of drug-likeness (QED) is 0.0261. The van der Waals surface area contributed by atoms with Crippen LogP contribution in [-0.4, -0.2) is 37.2 Å². The molecule has 0 fully saturated rings. The van der Waals surface area contributed by atoms with E-state index in [1.165, 1.54) is 225 Å². The van der Waals surface area contributed by atoms with E-state index < -0.39 is 6.10 Å². The van der Waals surface area contributed by atoms with Gasteiger partial charge < -0.3 is 14.2 Å². The van der Waals surface area contributed by atoms with Crippen molar-refractivity contribution >= 4 is 17.9 Å². The van der Waals surface area contributed by atoms with Crippen LogP contribution in [0.1, 0.15) is 367 Å². The van der Waals surface area contributed by atoms with Gasteiger partial charge in [-0.25, -0.2) is 0 Å². The van der Waals surface area contributed by atoms with Crippen LogP contribution in [0, 0.1) is 0 Å². The second-order valence-corrected chi connectivity index (χ2v) is 24.1. The third-order valence-electron chi connectivity index (χ3n) is 15.9. The first-order valence-corrected chi connectivity index (χ1v) is 36.1. The van der Waals surface area contributed by atoms with E-state index in [4.69, 9.17) is 14.2 Å². The van der Waals surface area contributed by atoms with Crippen molar-refractivity contribution < 1.29 is 28.6 Å². The first-order valence-electron chi connectivity index (χ1n) is 36.1. The number of allylic oxidation sites excluding steroid dienone is 14. The van der Waals surface area contributed by atoms with Gasteiger partial charge in [-0.3, -0.25) is 14.4 Å². The van der Waals surface area contributed by atoms with Crippen molar-refractivity contribution in [2.24, 2.45) is 0 Å². The van der Waals surface area contributed by atoms with Crippen LogP contribution < -0.4 is 0 Å². The Morgan fingerprint density at radius 3 is 0.747 bits per heavy atom. The lowest BCUT2D eigenvalue weighted by atomic mass is 10.0. The maximum atomic E-state index is 12.9. The van der Waals surface area contributed by atoms with Crippen LogP contribution in [0.5, 0.6) is 0 Å². The van der Waals surface area contributed by atoms with E-state index in [0.717, 1.165) is 103 Å². The Morgan fingerprint density at radius 2 is 0.470 bits per heavy atom. The van der Waals surface area contributed by atoms with Crippen molar-refractivity contribution in [3.05, 3.63) is 85.1 Å². The first-order chi connectivity index (χ1) is 41.0. The van der Waals surface area contributed by atoms with Crippen LogP contribution in [0.15, 0.2) is 85.1 Å². The zero-order chi connectivity index (χ0) is 59.9. The second kappa shape index (κ2) is 71.1. The molecule has 0 saturated carbocycles. The van der Waals surface area contributed by atoms with Gasteiger partial charge in [0.1, 0.15) is 13.2 Å². The maximum absolute atomic E-state index is 12.9. The molecule has 0 N–H and O–H groups in total. The molecule has 6 heteroatoms. The Kier molecular flexibility index (Phi) is 68.2. The van der Waals surface area contributed by atoms with Crippen molar-refractivity contribution in [3.8, 4) is 0 Å². The monoisotopic (exact) mass is 1160 g/mol. The topological polar surface area (TPSA) is 78.9 Å². The van der Waals surface area contributed by atoms with E-state index in [1.54, 1.807) is 0 Å². The highest BCUT2D eigenvalue weighted by Gasteiger charge is 2.19. The van der Waals surface area contributed by atoms with Gasteiger partial charge in [0, 0.05) is 19.3 Å². The van der Waals surface area contributed by atoms with E-state index in [1.807, 2.05) is 0 Å². The van der Waals surface area contributed by atoms with Gasteiger partial charge in [-0.1, -0.05) is 337 Å². The fourth-order valence-electron chi connectivity index (χ4n) is 10.5. The standard InChI is InChI=1S/C77H136O6/c1-4-7-10-13-16-19-22-25-28-30-31-32-33-34-35-36-37-38-39-40-41-42-43-44-45-47-49-52-55-58-61-64-67-70-76(79)82-73-74(72-81-75(78)69-66-63-60-57-54-51-48-27-24-21-18-15-12-9-6-3)83-77(80)71-68-65-62-59-56-53-50-46-29-26-23-20-17-14-11-8-5-2/h7,10,16,19,25,27-28,31-32,34-35,37-38,48,74H,4-6,8-9,11-15,17-18,20-24,26,29-30,33,36,39-47,49-73H2,1-3H3/b10-7-,19-16-,28-25-,32-31-,35-34-,38-37-,48-27-.